The van der Waals surface area contributed by atoms with Crippen LogP contribution in [0.5, 0.6) is 0 Å². The number of aromatic nitrogens is 1. The number of carbonyl (C=O) groups is 2. The van der Waals surface area contributed by atoms with Gasteiger partial charge in [0.2, 0.25) is 5.91 Å². The van der Waals surface area contributed by atoms with Crippen molar-refractivity contribution in [2.24, 2.45) is 0 Å². The van der Waals surface area contributed by atoms with E-state index in [1.165, 1.54) is 13.1 Å². The summed E-state index contributed by atoms with van der Waals surface area (Å²) < 4.78 is 9.99. The molecule has 8 nitrogen and oxygen atoms in total. The van der Waals surface area contributed by atoms with Crippen LogP contribution in [0.25, 0.3) is 11.0 Å². The van der Waals surface area contributed by atoms with Crippen molar-refractivity contribution in [3.05, 3.63) is 58.1 Å². The van der Waals surface area contributed by atoms with E-state index in [0.29, 0.717) is 16.7 Å². The number of hydrogen-bond acceptors (Lipinski definition) is 6. The summed E-state index contributed by atoms with van der Waals surface area (Å²) in [5.74, 6) is -0.262. The van der Waals surface area contributed by atoms with Gasteiger partial charge in [-0.1, -0.05) is 23.4 Å². The molecule has 0 aliphatic carbocycles. The van der Waals surface area contributed by atoms with E-state index in [1.54, 1.807) is 37.3 Å². The molecule has 1 aromatic carbocycles. The van der Waals surface area contributed by atoms with Crippen LogP contribution >= 0.6 is 0 Å². The van der Waals surface area contributed by atoms with Crippen molar-refractivity contribution < 1.29 is 18.5 Å². The Kier molecular flexibility index (Phi) is 4.34. The monoisotopic (exact) mass is 341 g/mol. The number of fused-ring (bicyclic) bond motifs is 1. The third-order valence-corrected chi connectivity index (χ3v) is 3.49. The van der Waals surface area contributed by atoms with E-state index in [2.05, 4.69) is 10.5 Å². The molecule has 2 heterocycles. The first kappa shape index (κ1) is 16.4. The van der Waals surface area contributed by atoms with E-state index < -0.39 is 17.4 Å². The molecule has 2 amide bonds. The molecule has 0 unspecified atom stereocenters. The Bertz CT molecular complexity index is 1000. The molecule has 128 valence electrons. The number of likely N-dealkylation sites (N-methyl/N-ethyl adjacent to an activating group) is 1. The van der Waals surface area contributed by atoms with E-state index >= 15 is 0 Å². The smallest absolute Gasteiger partial charge is 0.349 e. The first-order valence-corrected chi connectivity index (χ1v) is 7.45. The maximum absolute atomic E-state index is 12.5. The number of anilines is 1. The van der Waals surface area contributed by atoms with E-state index in [-0.39, 0.29) is 17.9 Å². The second kappa shape index (κ2) is 6.60. The fraction of sp³-hybridized carbons (Fsp3) is 0.176. The highest BCUT2D eigenvalue weighted by Gasteiger charge is 2.20. The summed E-state index contributed by atoms with van der Waals surface area (Å²) in [5.41, 5.74) is -0.486. The lowest BCUT2D eigenvalue weighted by molar-refractivity contribution is -0.116. The van der Waals surface area contributed by atoms with Gasteiger partial charge < -0.3 is 19.2 Å². The molecule has 8 heteroatoms. The second-order valence-corrected chi connectivity index (χ2v) is 5.52. The van der Waals surface area contributed by atoms with Crippen LogP contribution in [0.2, 0.25) is 0 Å². The number of benzene rings is 1. The number of hydrogen-bond donors (Lipinski definition) is 1. The van der Waals surface area contributed by atoms with E-state index in [9.17, 15) is 14.4 Å². The zero-order valence-electron chi connectivity index (χ0n) is 13.6. The lowest BCUT2D eigenvalue weighted by Gasteiger charge is -2.15. The van der Waals surface area contributed by atoms with Gasteiger partial charge in [-0.15, -0.1) is 0 Å². The molecule has 0 aliphatic rings. The van der Waals surface area contributed by atoms with Crippen LogP contribution in [0.3, 0.4) is 0 Å². The summed E-state index contributed by atoms with van der Waals surface area (Å²) in [5, 5.41) is 6.77. The minimum absolute atomic E-state index is 0.133. The van der Waals surface area contributed by atoms with Crippen LogP contribution in [-0.2, 0) is 4.79 Å². The number of para-hydroxylation sites is 1. The lowest BCUT2D eigenvalue weighted by atomic mass is 10.1. The summed E-state index contributed by atoms with van der Waals surface area (Å²) in [6.07, 6.45) is 0. The Morgan fingerprint density at radius 1 is 1.24 bits per heavy atom. The zero-order valence-corrected chi connectivity index (χ0v) is 13.6. The van der Waals surface area contributed by atoms with E-state index in [0.717, 1.165) is 4.90 Å². The highest BCUT2D eigenvalue weighted by atomic mass is 16.5. The topological polar surface area (TPSA) is 106 Å². The highest BCUT2D eigenvalue weighted by Crippen LogP contribution is 2.13. The number of aryl methyl sites for hydroxylation is 1. The lowest BCUT2D eigenvalue weighted by Crippen LogP contribution is -2.37. The van der Waals surface area contributed by atoms with Crippen molar-refractivity contribution in [3.63, 3.8) is 0 Å². The number of carbonyl (C=O) groups excluding carboxylic acids is 2. The molecule has 0 atom stereocenters. The Hall–Kier alpha value is -3.42. The summed E-state index contributed by atoms with van der Waals surface area (Å²) >= 11 is 0. The molecular weight excluding hydrogens is 326 g/mol. The molecule has 0 radical (unpaired) electrons. The van der Waals surface area contributed by atoms with Gasteiger partial charge in [0.25, 0.3) is 5.91 Å². The summed E-state index contributed by atoms with van der Waals surface area (Å²) in [4.78, 5) is 37.6. The average Bonchev–Trinajstić information content (AvgIpc) is 2.98. The average molecular weight is 341 g/mol. The quantitative estimate of drug-likeness (QED) is 0.725. The van der Waals surface area contributed by atoms with Gasteiger partial charge in [-0.3, -0.25) is 9.59 Å². The van der Waals surface area contributed by atoms with Crippen molar-refractivity contribution in [1.29, 1.82) is 0 Å². The molecule has 0 saturated carbocycles. The van der Waals surface area contributed by atoms with Gasteiger partial charge >= 0.3 is 5.63 Å². The molecule has 0 fully saturated rings. The number of nitrogens with one attached hydrogen (secondary N) is 1. The van der Waals surface area contributed by atoms with Gasteiger partial charge in [-0.25, -0.2) is 4.79 Å². The van der Waals surface area contributed by atoms with Crippen LogP contribution in [0.15, 0.2) is 50.1 Å². The van der Waals surface area contributed by atoms with Crippen LogP contribution in [-0.4, -0.2) is 35.5 Å². The largest absolute Gasteiger partial charge is 0.422 e. The Morgan fingerprint density at radius 3 is 2.72 bits per heavy atom. The summed E-state index contributed by atoms with van der Waals surface area (Å²) in [6, 6.07) is 9.88. The van der Waals surface area contributed by atoms with Gasteiger partial charge in [-0.2, -0.15) is 0 Å². The third-order valence-electron chi connectivity index (χ3n) is 3.49. The van der Waals surface area contributed by atoms with Crippen molar-refractivity contribution >= 4 is 28.6 Å². The molecule has 2 aromatic heterocycles. The predicted molar refractivity (Wildman–Crippen MR) is 89.3 cm³/mol. The molecule has 0 aliphatic heterocycles. The van der Waals surface area contributed by atoms with E-state index in [1.807, 2.05) is 0 Å². The van der Waals surface area contributed by atoms with E-state index in [4.69, 9.17) is 8.94 Å². The SMILES string of the molecule is Cc1cc(NC(=O)CN(C)C(=O)c2cc3ccccc3oc2=O)no1. The fourth-order valence-corrected chi connectivity index (χ4v) is 2.31. The highest BCUT2D eigenvalue weighted by molar-refractivity contribution is 6.00. The molecule has 3 aromatic rings. The van der Waals surface area contributed by atoms with Crippen LogP contribution in [0, 0.1) is 6.92 Å². The van der Waals surface area contributed by atoms with Gasteiger partial charge in [-0.05, 0) is 19.1 Å². The molecule has 1 N–H and O–H groups in total. The van der Waals surface area contributed by atoms with Crippen molar-refractivity contribution in [3.8, 4) is 0 Å². The van der Waals surface area contributed by atoms with Crippen molar-refractivity contribution in [1.82, 2.24) is 10.1 Å². The van der Waals surface area contributed by atoms with Crippen LogP contribution in [0.4, 0.5) is 5.82 Å². The minimum Gasteiger partial charge on any atom is -0.422 e. The molecule has 0 bridgehead atoms. The fourth-order valence-electron chi connectivity index (χ4n) is 2.31. The van der Waals surface area contributed by atoms with Crippen molar-refractivity contribution in [2.45, 2.75) is 6.92 Å². The minimum atomic E-state index is -0.747. The van der Waals surface area contributed by atoms with Gasteiger partial charge in [0.15, 0.2) is 5.82 Å². The molecule has 3 rings (SSSR count). The normalized spacial score (nSPS) is 10.6. The standard InChI is InChI=1S/C17H15N3O5/c1-10-7-14(19-25-10)18-15(21)9-20(2)16(22)12-8-11-5-3-4-6-13(11)24-17(12)23/h3-8H,9H2,1-2H3,(H,18,19,21). The Morgan fingerprint density at radius 2 is 2.00 bits per heavy atom. The number of nitrogens with zero attached hydrogens (tertiary/aromatic N) is 2. The first-order chi connectivity index (χ1) is 11.9. The predicted octanol–water partition coefficient (Wildman–Crippen LogP) is 1.80. The van der Waals surface area contributed by atoms with Crippen LogP contribution in [0.1, 0.15) is 16.1 Å². The maximum atomic E-state index is 12.5. The maximum Gasteiger partial charge on any atom is 0.349 e. The van der Waals surface area contributed by atoms with Gasteiger partial charge in [0.05, 0.1) is 6.54 Å². The molecule has 25 heavy (non-hydrogen) atoms. The molecule has 0 spiro atoms. The Labute approximate surface area is 142 Å². The third kappa shape index (κ3) is 3.57. The van der Waals surface area contributed by atoms with Crippen LogP contribution < -0.4 is 10.9 Å². The zero-order chi connectivity index (χ0) is 18.0. The number of rotatable bonds is 4. The first-order valence-electron chi connectivity index (χ1n) is 7.45. The van der Waals surface area contributed by atoms with Gasteiger partial charge in [0.1, 0.15) is 16.9 Å². The second-order valence-electron chi connectivity index (χ2n) is 5.52. The molecular formula is C17H15N3O5. The summed E-state index contributed by atoms with van der Waals surface area (Å²) in [7, 11) is 1.42. The van der Waals surface area contributed by atoms with Crippen molar-refractivity contribution in [2.75, 3.05) is 18.9 Å². The Balaban J connectivity index is 1.74. The molecule has 0 saturated heterocycles. The number of amides is 2. The summed E-state index contributed by atoms with van der Waals surface area (Å²) in [6.45, 7) is 1.44. The van der Waals surface area contributed by atoms with Gasteiger partial charge in [0, 0.05) is 18.5 Å².